The number of hydrogen-bond acceptors (Lipinski definition) is 3. The van der Waals surface area contributed by atoms with Gasteiger partial charge in [-0.1, -0.05) is 44.2 Å². The van der Waals surface area contributed by atoms with E-state index >= 15 is 0 Å². The first-order valence-corrected chi connectivity index (χ1v) is 5.04. The molecule has 3 heteroatoms. The van der Waals surface area contributed by atoms with Gasteiger partial charge in [-0.2, -0.15) is 4.89 Å². The van der Waals surface area contributed by atoms with Crippen LogP contribution in [0.3, 0.4) is 0 Å². The first-order chi connectivity index (χ1) is 7.18. The van der Waals surface area contributed by atoms with Crippen LogP contribution in [-0.2, 0) is 21.2 Å². The summed E-state index contributed by atoms with van der Waals surface area (Å²) in [7, 11) is 0. The molecule has 0 saturated heterocycles. The van der Waals surface area contributed by atoms with Crippen LogP contribution < -0.4 is 0 Å². The van der Waals surface area contributed by atoms with E-state index in [0.29, 0.717) is 13.0 Å². The van der Waals surface area contributed by atoms with Crippen molar-refractivity contribution in [3.05, 3.63) is 35.9 Å². The lowest BCUT2D eigenvalue weighted by Gasteiger charge is -2.05. The van der Waals surface area contributed by atoms with Gasteiger partial charge in [-0.15, -0.1) is 0 Å². The Balaban J connectivity index is 2.19. The molecule has 1 aromatic carbocycles. The zero-order valence-electron chi connectivity index (χ0n) is 9.10. The highest BCUT2D eigenvalue weighted by molar-refractivity contribution is 5.68. The number of carbonyl (C=O) groups is 1. The summed E-state index contributed by atoms with van der Waals surface area (Å²) >= 11 is 0. The maximum atomic E-state index is 11.1. The van der Waals surface area contributed by atoms with Crippen LogP contribution in [0.5, 0.6) is 0 Å². The van der Waals surface area contributed by atoms with Gasteiger partial charge < -0.3 is 0 Å². The average molecular weight is 208 g/mol. The number of rotatable bonds is 5. The third-order valence-corrected chi connectivity index (χ3v) is 1.80. The first kappa shape index (κ1) is 11.7. The molecule has 0 fully saturated rings. The Morgan fingerprint density at radius 1 is 1.27 bits per heavy atom. The number of hydrogen-bond donors (Lipinski definition) is 0. The highest BCUT2D eigenvalue weighted by atomic mass is 17.2. The van der Waals surface area contributed by atoms with E-state index in [4.69, 9.17) is 4.89 Å². The van der Waals surface area contributed by atoms with Gasteiger partial charge in [0.25, 0.3) is 0 Å². The van der Waals surface area contributed by atoms with Gasteiger partial charge in [0.15, 0.2) is 0 Å². The fourth-order valence-corrected chi connectivity index (χ4v) is 1.10. The Kier molecular flexibility index (Phi) is 4.84. The highest BCUT2D eigenvalue weighted by Crippen LogP contribution is 2.04. The van der Waals surface area contributed by atoms with Crippen LogP contribution in [0.2, 0.25) is 0 Å². The molecule has 0 saturated carbocycles. The molecule has 0 amide bonds. The van der Waals surface area contributed by atoms with Gasteiger partial charge in [-0.3, -0.25) is 4.89 Å². The van der Waals surface area contributed by atoms with E-state index in [0.717, 1.165) is 5.56 Å². The zero-order chi connectivity index (χ0) is 11.1. The smallest absolute Gasteiger partial charge is 0.298 e. The van der Waals surface area contributed by atoms with Crippen molar-refractivity contribution in [3.8, 4) is 0 Å². The third kappa shape index (κ3) is 5.18. The lowest BCUT2D eigenvalue weighted by atomic mass is 10.1. The topological polar surface area (TPSA) is 35.5 Å². The molecule has 3 nitrogen and oxygen atoms in total. The normalized spacial score (nSPS) is 10.3. The van der Waals surface area contributed by atoms with Gasteiger partial charge in [0.05, 0.1) is 6.42 Å². The fourth-order valence-electron chi connectivity index (χ4n) is 1.10. The number of carbonyl (C=O) groups excluding carboxylic acids is 1. The zero-order valence-corrected chi connectivity index (χ0v) is 9.10. The Bertz CT molecular complexity index is 293. The lowest BCUT2D eigenvalue weighted by Crippen LogP contribution is -2.08. The second kappa shape index (κ2) is 6.19. The van der Waals surface area contributed by atoms with Gasteiger partial charge in [0.2, 0.25) is 0 Å². The minimum absolute atomic E-state index is 0.290. The van der Waals surface area contributed by atoms with E-state index in [-0.39, 0.29) is 11.9 Å². The fraction of sp³-hybridized carbons (Fsp3) is 0.417. The molecule has 0 aliphatic rings. The van der Waals surface area contributed by atoms with E-state index in [1.54, 1.807) is 0 Å². The average Bonchev–Trinajstić information content (AvgIpc) is 2.18. The van der Waals surface area contributed by atoms with E-state index in [1.807, 2.05) is 44.2 Å². The minimum Gasteiger partial charge on any atom is -0.298 e. The molecule has 15 heavy (non-hydrogen) atoms. The van der Waals surface area contributed by atoms with Crippen LogP contribution in [0.4, 0.5) is 0 Å². The van der Waals surface area contributed by atoms with Crippen LogP contribution in [-0.4, -0.2) is 5.97 Å². The second-order valence-corrected chi connectivity index (χ2v) is 3.80. The monoisotopic (exact) mass is 208 g/mol. The second-order valence-electron chi connectivity index (χ2n) is 3.80. The van der Waals surface area contributed by atoms with Crippen LogP contribution in [0.25, 0.3) is 0 Å². The molecular weight excluding hydrogens is 192 g/mol. The van der Waals surface area contributed by atoms with E-state index in [1.165, 1.54) is 0 Å². The van der Waals surface area contributed by atoms with Crippen molar-refractivity contribution in [1.82, 2.24) is 0 Å². The first-order valence-electron chi connectivity index (χ1n) is 5.04. The van der Waals surface area contributed by atoms with Gasteiger partial charge in [0.1, 0.15) is 6.61 Å². The molecule has 0 aliphatic heterocycles. The SMILES string of the molecule is CC(C)CC(=O)OOCc1ccccc1. The standard InChI is InChI=1S/C12H16O3/c1-10(2)8-12(13)15-14-9-11-6-4-3-5-7-11/h3-7,10H,8-9H2,1-2H3. The van der Waals surface area contributed by atoms with Gasteiger partial charge in [-0.05, 0) is 11.5 Å². The Labute approximate surface area is 89.9 Å². The predicted molar refractivity (Wildman–Crippen MR) is 56.8 cm³/mol. The molecular formula is C12H16O3. The van der Waals surface area contributed by atoms with Crippen LogP contribution in [0, 0.1) is 5.92 Å². The Morgan fingerprint density at radius 2 is 1.93 bits per heavy atom. The Morgan fingerprint density at radius 3 is 2.53 bits per heavy atom. The number of benzene rings is 1. The molecule has 0 aromatic heterocycles. The summed E-state index contributed by atoms with van der Waals surface area (Å²) in [6, 6.07) is 9.57. The molecule has 0 N–H and O–H groups in total. The van der Waals surface area contributed by atoms with Crippen LogP contribution in [0.1, 0.15) is 25.8 Å². The van der Waals surface area contributed by atoms with Crippen molar-refractivity contribution < 1.29 is 14.6 Å². The van der Waals surface area contributed by atoms with Crippen LogP contribution >= 0.6 is 0 Å². The summed E-state index contributed by atoms with van der Waals surface area (Å²) in [6.45, 7) is 4.21. The molecule has 0 atom stereocenters. The van der Waals surface area contributed by atoms with Crippen molar-refractivity contribution >= 4 is 5.97 Å². The molecule has 0 heterocycles. The maximum absolute atomic E-state index is 11.1. The van der Waals surface area contributed by atoms with Crippen LogP contribution in [0.15, 0.2) is 30.3 Å². The molecule has 0 aliphatic carbocycles. The summed E-state index contributed by atoms with van der Waals surface area (Å²) in [5, 5.41) is 0. The van der Waals surface area contributed by atoms with Gasteiger partial charge >= 0.3 is 5.97 Å². The lowest BCUT2D eigenvalue weighted by molar-refractivity contribution is -0.280. The van der Waals surface area contributed by atoms with Crippen molar-refractivity contribution in [1.29, 1.82) is 0 Å². The summed E-state index contributed by atoms with van der Waals surface area (Å²) in [5.74, 6) is -0.0289. The molecule has 0 radical (unpaired) electrons. The van der Waals surface area contributed by atoms with E-state index in [9.17, 15) is 4.79 Å². The summed E-state index contributed by atoms with van der Waals surface area (Å²) in [4.78, 5) is 20.5. The summed E-state index contributed by atoms with van der Waals surface area (Å²) in [5.41, 5.74) is 0.981. The molecule has 1 rings (SSSR count). The van der Waals surface area contributed by atoms with E-state index < -0.39 is 0 Å². The quantitative estimate of drug-likeness (QED) is 0.551. The van der Waals surface area contributed by atoms with E-state index in [2.05, 4.69) is 4.89 Å². The van der Waals surface area contributed by atoms with Gasteiger partial charge in [-0.25, -0.2) is 4.79 Å². The van der Waals surface area contributed by atoms with Crippen molar-refractivity contribution in [3.63, 3.8) is 0 Å². The van der Waals surface area contributed by atoms with Crippen molar-refractivity contribution in [2.24, 2.45) is 5.92 Å². The molecule has 0 bridgehead atoms. The third-order valence-electron chi connectivity index (χ3n) is 1.80. The maximum Gasteiger partial charge on any atom is 0.342 e. The summed E-state index contributed by atoms with van der Waals surface area (Å²) in [6.07, 6.45) is 0.384. The Hall–Kier alpha value is -1.35. The molecule has 0 unspecified atom stereocenters. The van der Waals surface area contributed by atoms with Crippen molar-refractivity contribution in [2.45, 2.75) is 26.9 Å². The largest absolute Gasteiger partial charge is 0.342 e. The van der Waals surface area contributed by atoms with Crippen molar-refractivity contribution in [2.75, 3.05) is 0 Å². The highest BCUT2D eigenvalue weighted by Gasteiger charge is 2.06. The van der Waals surface area contributed by atoms with Gasteiger partial charge in [0, 0.05) is 0 Å². The summed E-state index contributed by atoms with van der Waals surface area (Å²) < 4.78 is 0. The molecule has 0 spiro atoms. The minimum atomic E-state index is -0.319. The molecule has 82 valence electrons. The predicted octanol–water partition coefficient (Wildman–Crippen LogP) is 2.71. The molecule has 1 aromatic rings.